The van der Waals surface area contributed by atoms with Crippen LogP contribution in [-0.2, 0) is 0 Å². The number of rotatable bonds is 3. The van der Waals surface area contributed by atoms with Gasteiger partial charge in [0.1, 0.15) is 12.2 Å². The molecule has 0 aliphatic heterocycles. The van der Waals surface area contributed by atoms with Gasteiger partial charge in [-0.3, -0.25) is 5.10 Å². The molecule has 2 N–H and O–H groups in total. The van der Waals surface area contributed by atoms with Gasteiger partial charge in [0.05, 0.1) is 11.7 Å². The predicted octanol–water partition coefficient (Wildman–Crippen LogP) is 2.05. The van der Waals surface area contributed by atoms with Gasteiger partial charge in [-0.05, 0) is 20.8 Å². The summed E-state index contributed by atoms with van der Waals surface area (Å²) in [7, 11) is 0. The zero-order valence-electron chi connectivity index (χ0n) is 8.90. The summed E-state index contributed by atoms with van der Waals surface area (Å²) < 4.78 is 0. The molecule has 1 atom stereocenters. The average Bonchev–Trinajstić information content (AvgIpc) is 2.77. The standard InChI is InChI=1S/C9H13N5S/c1-5-7(3)15-9(12-5)13-6(2)8-10-4-11-14-8/h4,6H,1-3H3,(H,12,13)(H,10,11,14). The van der Waals surface area contributed by atoms with Gasteiger partial charge in [0.25, 0.3) is 0 Å². The Balaban J connectivity index is 2.09. The monoisotopic (exact) mass is 223 g/mol. The molecule has 0 aliphatic carbocycles. The summed E-state index contributed by atoms with van der Waals surface area (Å²) in [4.78, 5) is 9.73. The molecule has 0 fully saturated rings. The third-order valence-electron chi connectivity index (χ3n) is 2.21. The van der Waals surface area contributed by atoms with Gasteiger partial charge in [0, 0.05) is 4.88 Å². The van der Waals surface area contributed by atoms with E-state index in [1.54, 1.807) is 11.3 Å². The molecule has 80 valence electrons. The lowest BCUT2D eigenvalue weighted by Crippen LogP contribution is -2.08. The number of nitrogens with one attached hydrogen (secondary N) is 2. The molecule has 0 bridgehead atoms. The van der Waals surface area contributed by atoms with Gasteiger partial charge in [-0.2, -0.15) is 5.10 Å². The number of aryl methyl sites for hydroxylation is 2. The Kier molecular flexibility index (Phi) is 2.68. The summed E-state index contributed by atoms with van der Waals surface area (Å²) in [6, 6.07) is 0.0949. The molecule has 0 aromatic carbocycles. The van der Waals surface area contributed by atoms with Gasteiger partial charge < -0.3 is 5.32 Å². The van der Waals surface area contributed by atoms with Crippen LogP contribution in [0.4, 0.5) is 5.13 Å². The van der Waals surface area contributed by atoms with E-state index in [2.05, 4.69) is 32.4 Å². The quantitative estimate of drug-likeness (QED) is 0.835. The summed E-state index contributed by atoms with van der Waals surface area (Å²) in [6.07, 6.45) is 1.51. The molecule has 0 saturated carbocycles. The van der Waals surface area contributed by atoms with Gasteiger partial charge in [0.15, 0.2) is 5.13 Å². The molecule has 6 heteroatoms. The van der Waals surface area contributed by atoms with Crippen molar-refractivity contribution in [2.24, 2.45) is 0 Å². The number of thiazole rings is 1. The molecule has 0 saturated heterocycles. The van der Waals surface area contributed by atoms with E-state index in [1.165, 1.54) is 11.2 Å². The van der Waals surface area contributed by atoms with Gasteiger partial charge in [-0.25, -0.2) is 9.97 Å². The lowest BCUT2D eigenvalue weighted by molar-refractivity contribution is 0.793. The van der Waals surface area contributed by atoms with Gasteiger partial charge in [0.2, 0.25) is 0 Å². The second-order valence-electron chi connectivity index (χ2n) is 3.40. The Morgan fingerprint density at radius 1 is 1.47 bits per heavy atom. The van der Waals surface area contributed by atoms with E-state index < -0.39 is 0 Å². The lowest BCUT2D eigenvalue weighted by atomic mass is 10.3. The van der Waals surface area contributed by atoms with Crippen LogP contribution in [0.25, 0.3) is 0 Å². The van der Waals surface area contributed by atoms with Crippen molar-refractivity contribution in [3.05, 3.63) is 22.7 Å². The number of hydrogen-bond donors (Lipinski definition) is 2. The molecule has 5 nitrogen and oxygen atoms in total. The van der Waals surface area contributed by atoms with E-state index in [0.717, 1.165) is 16.6 Å². The van der Waals surface area contributed by atoms with Crippen molar-refractivity contribution in [2.45, 2.75) is 26.8 Å². The first-order chi connectivity index (χ1) is 7.16. The SMILES string of the molecule is Cc1nc(NC(C)c2ncn[nH]2)sc1C. The van der Waals surface area contributed by atoms with Gasteiger partial charge in [-0.15, -0.1) is 11.3 Å². The number of anilines is 1. The van der Waals surface area contributed by atoms with Crippen molar-refractivity contribution in [2.75, 3.05) is 5.32 Å². The number of aromatic nitrogens is 4. The molecule has 0 spiro atoms. The van der Waals surface area contributed by atoms with E-state index in [1.807, 2.05) is 13.8 Å². The summed E-state index contributed by atoms with van der Waals surface area (Å²) >= 11 is 1.66. The minimum atomic E-state index is 0.0949. The van der Waals surface area contributed by atoms with Crippen LogP contribution in [0.5, 0.6) is 0 Å². The zero-order chi connectivity index (χ0) is 10.8. The van der Waals surface area contributed by atoms with Crippen LogP contribution >= 0.6 is 11.3 Å². The Bertz CT molecular complexity index is 414. The largest absolute Gasteiger partial charge is 0.352 e. The van der Waals surface area contributed by atoms with E-state index in [-0.39, 0.29) is 6.04 Å². The Morgan fingerprint density at radius 3 is 2.80 bits per heavy atom. The fourth-order valence-corrected chi connectivity index (χ4v) is 2.11. The van der Waals surface area contributed by atoms with Crippen LogP contribution in [0.2, 0.25) is 0 Å². The topological polar surface area (TPSA) is 66.5 Å². The summed E-state index contributed by atoms with van der Waals surface area (Å²) in [5.74, 6) is 0.820. The van der Waals surface area contributed by atoms with Crippen molar-refractivity contribution in [1.82, 2.24) is 20.2 Å². The molecule has 2 aromatic heterocycles. The number of H-pyrrole nitrogens is 1. The highest BCUT2D eigenvalue weighted by molar-refractivity contribution is 7.15. The maximum absolute atomic E-state index is 4.41. The average molecular weight is 223 g/mol. The highest BCUT2D eigenvalue weighted by Gasteiger charge is 2.10. The zero-order valence-corrected chi connectivity index (χ0v) is 9.72. The fourth-order valence-electron chi connectivity index (χ4n) is 1.21. The fraction of sp³-hybridized carbons (Fsp3) is 0.444. The number of hydrogen-bond acceptors (Lipinski definition) is 5. The Hall–Kier alpha value is -1.43. The van der Waals surface area contributed by atoms with Crippen LogP contribution in [0.3, 0.4) is 0 Å². The number of nitrogens with zero attached hydrogens (tertiary/aromatic N) is 3. The molecule has 2 aromatic rings. The number of aromatic amines is 1. The molecule has 0 aliphatic rings. The molecule has 15 heavy (non-hydrogen) atoms. The smallest absolute Gasteiger partial charge is 0.183 e. The first-order valence-electron chi connectivity index (χ1n) is 4.72. The maximum Gasteiger partial charge on any atom is 0.183 e. The summed E-state index contributed by atoms with van der Waals surface area (Å²) in [5, 5.41) is 10.9. The van der Waals surface area contributed by atoms with E-state index in [0.29, 0.717) is 0 Å². The Labute approximate surface area is 92.0 Å². The highest BCUT2D eigenvalue weighted by atomic mass is 32.1. The van der Waals surface area contributed by atoms with Gasteiger partial charge in [-0.1, -0.05) is 0 Å². The van der Waals surface area contributed by atoms with E-state index in [4.69, 9.17) is 0 Å². The second-order valence-corrected chi connectivity index (χ2v) is 4.60. The second kappa shape index (κ2) is 3.98. The minimum Gasteiger partial charge on any atom is -0.352 e. The highest BCUT2D eigenvalue weighted by Crippen LogP contribution is 2.24. The summed E-state index contributed by atoms with van der Waals surface area (Å²) in [5.41, 5.74) is 1.08. The maximum atomic E-state index is 4.41. The van der Waals surface area contributed by atoms with Crippen molar-refractivity contribution < 1.29 is 0 Å². The molecule has 1 unspecified atom stereocenters. The first kappa shape index (κ1) is 10.1. The molecular weight excluding hydrogens is 210 g/mol. The van der Waals surface area contributed by atoms with Crippen molar-refractivity contribution in [3.63, 3.8) is 0 Å². The molecule has 2 heterocycles. The first-order valence-corrected chi connectivity index (χ1v) is 5.54. The van der Waals surface area contributed by atoms with E-state index >= 15 is 0 Å². The summed E-state index contributed by atoms with van der Waals surface area (Å²) in [6.45, 7) is 6.10. The van der Waals surface area contributed by atoms with Crippen molar-refractivity contribution in [3.8, 4) is 0 Å². The van der Waals surface area contributed by atoms with E-state index in [9.17, 15) is 0 Å². The minimum absolute atomic E-state index is 0.0949. The molecule has 0 radical (unpaired) electrons. The molecule has 0 amide bonds. The van der Waals surface area contributed by atoms with Crippen molar-refractivity contribution >= 4 is 16.5 Å². The molecule has 2 rings (SSSR count). The molecular formula is C9H13N5S. The van der Waals surface area contributed by atoms with Crippen LogP contribution in [0.15, 0.2) is 6.33 Å². The lowest BCUT2D eigenvalue weighted by Gasteiger charge is -2.08. The van der Waals surface area contributed by atoms with Crippen LogP contribution in [0, 0.1) is 13.8 Å². The van der Waals surface area contributed by atoms with Crippen LogP contribution < -0.4 is 5.32 Å². The Morgan fingerprint density at radius 2 is 2.27 bits per heavy atom. The van der Waals surface area contributed by atoms with Crippen molar-refractivity contribution in [1.29, 1.82) is 0 Å². The van der Waals surface area contributed by atoms with Crippen LogP contribution in [0.1, 0.15) is 29.4 Å². The van der Waals surface area contributed by atoms with Crippen LogP contribution in [-0.4, -0.2) is 20.2 Å². The third-order valence-corrected chi connectivity index (χ3v) is 3.22. The third kappa shape index (κ3) is 2.15. The predicted molar refractivity (Wildman–Crippen MR) is 60.0 cm³/mol. The van der Waals surface area contributed by atoms with Gasteiger partial charge >= 0.3 is 0 Å². The normalized spacial score (nSPS) is 12.7.